The van der Waals surface area contributed by atoms with Crippen molar-refractivity contribution in [1.29, 1.82) is 0 Å². The quantitative estimate of drug-likeness (QED) is 0.0399. The van der Waals surface area contributed by atoms with E-state index in [2.05, 4.69) is 55.4 Å². The summed E-state index contributed by atoms with van der Waals surface area (Å²) in [6.07, 6.45) is 34.4. The fraction of sp³-hybridized carbons (Fsp3) is 1.00. The highest BCUT2D eigenvalue weighted by atomic mass is 31.2. The number of hydrogen-bond acceptors (Lipinski definition) is 4. The van der Waals surface area contributed by atoms with E-state index in [4.69, 9.17) is 19.2 Å². The van der Waals surface area contributed by atoms with Crippen LogP contribution in [0.15, 0.2) is 0 Å². The summed E-state index contributed by atoms with van der Waals surface area (Å²) in [5.74, 6) is 0. The SMILES string of the molecule is CCCCCCCC[N+](CC)(CC)CCCCCCCC.CCCCCCCC[N+](CC)(CC)CCCCCCCC.O=P([O-])([O-])[O-].[H+]. The Morgan fingerprint density at radius 2 is 0.489 bits per heavy atom. The Kier molecular flexibility index (Phi) is 40.8. The molecule has 0 aliphatic rings. The third-order valence-electron chi connectivity index (χ3n) is 10.6. The average molecular weight is 693 g/mol. The lowest BCUT2D eigenvalue weighted by Crippen LogP contribution is -2.49. The van der Waals surface area contributed by atoms with Crippen LogP contribution in [0.5, 0.6) is 0 Å². The van der Waals surface area contributed by atoms with Crippen molar-refractivity contribution < 1.29 is 29.6 Å². The lowest BCUT2D eigenvalue weighted by Gasteiger charge is -2.37. The van der Waals surface area contributed by atoms with E-state index in [1.807, 2.05) is 0 Å². The maximum Gasteiger partial charge on any atom is 1.00 e. The van der Waals surface area contributed by atoms with Crippen LogP contribution in [0.25, 0.3) is 0 Å². The van der Waals surface area contributed by atoms with Crippen LogP contribution in [0, 0.1) is 0 Å². The zero-order valence-electron chi connectivity index (χ0n) is 34.6. The lowest BCUT2D eigenvalue weighted by atomic mass is 10.1. The Morgan fingerprint density at radius 1 is 0.340 bits per heavy atom. The molecule has 0 aromatic heterocycles. The molecule has 0 aromatic rings. The number of hydrogen-bond donors (Lipinski definition) is 0. The highest BCUT2D eigenvalue weighted by Crippen LogP contribution is 2.17. The highest BCUT2D eigenvalue weighted by molar-refractivity contribution is 7.40. The van der Waals surface area contributed by atoms with E-state index < -0.39 is 7.82 Å². The number of nitrogens with zero attached hydrogens (tertiary/aromatic N) is 2. The molecule has 0 rings (SSSR count). The van der Waals surface area contributed by atoms with Crippen LogP contribution in [0.2, 0.25) is 0 Å². The largest absolute Gasteiger partial charge is 1.00 e. The van der Waals surface area contributed by atoms with E-state index in [0.717, 1.165) is 0 Å². The van der Waals surface area contributed by atoms with E-state index in [9.17, 15) is 0 Å². The van der Waals surface area contributed by atoms with Gasteiger partial charge in [-0.1, -0.05) is 130 Å². The fourth-order valence-corrected chi connectivity index (χ4v) is 6.85. The number of quaternary nitrogens is 2. The van der Waals surface area contributed by atoms with Gasteiger partial charge in [0.15, 0.2) is 0 Å². The molecule has 0 aromatic carbocycles. The summed E-state index contributed by atoms with van der Waals surface area (Å²) in [4.78, 5) is 25.6. The van der Waals surface area contributed by atoms with Gasteiger partial charge < -0.3 is 28.2 Å². The van der Waals surface area contributed by atoms with Crippen LogP contribution in [0.4, 0.5) is 0 Å². The van der Waals surface area contributed by atoms with Gasteiger partial charge >= 0.3 is 1.43 Å². The molecule has 0 amide bonds. The summed E-state index contributed by atoms with van der Waals surface area (Å²) in [5.41, 5.74) is 0. The minimum Gasteiger partial charge on any atom is -0.822 e. The molecular formula is C40H89N2O4P. The zero-order valence-corrected chi connectivity index (χ0v) is 34.5. The molecule has 47 heavy (non-hydrogen) atoms. The molecule has 7 heteroatoms. The Balaban J connectivity index is -0.000000346. The molecular weight excluding hydrogens is 603 g/mol. The molecule has 0 aliphatic carbocycles. The van der Waals surface area contributed by atoms with Gasteiger partial charge in [-0.05, 0) is 79.1 Å². The van der Waals surface area contributed by atoms with Gasteiger partial charge in [-0.25, -0.2) is 0 Å². The molecule has 0 heterocycles. The Labute approximate surface area is 298 Å². The number of phosphoric acid groups is 1. The maximum atomic E-state index is 8.55. The van der Waals surface area contributed by atoms with Gasteiger partial charge in [0.05, 0.1) is 52.4 Å². The monoisotopic (exact) mass is 693 g/mol. The van der Waals surface area contributed by atoms with Crippen LogP contribution < -0.4 is 14.7 Å². The van der Waals surface area contributed by atoms with Crippen molar-refractivity contribution in [2.75, 3.05) is 52.4 Å². The summed E-state index contributed by atoms with van der Waals surface area (Å²) in [5, 5.41) is 0. The normalized spacial score (nSPS) is 12.0. The summed E-state index contributed by atoms with van der Waals surface area (Å²) in [6, 6.07) is 0. The third kappa shape index (κ3) is 38.7. The van der Waals surface area contributed by atoms with Crippen molar-refractivity contribution in [3.05, 3.63) is 0 Å². The van der Waals surface area contributed by atoms with E-state index >= 15 is 0 Å². The topological polar surface area (TPSA) is 86.2 Å². The molecule has 0 spiro atoms. The van der Waals surface area contributed by atoms with Gasteiger partial charge in [0.25, 0.3) is 0 Å². The van der Waals surface area contributed by atoms with Crippen molar-refractivity contribution in [2.24, 2.45) is 0 Å². The molecule has 0 atom stereocenters. The number of unbranched alkanes of at least 4 members (excludes halogenated alkanes) is 20. The molecule has 0 fully saturated rings. The van der Waals surface area contributed by atoms with Crippen molar-refractivity contribution in [3.8, 4) is 0 Å². The first-order chi connectivity index (χ1) is 22.5. The van der Waals surface area contributed by atoms with E-state index in [0.29, 0.717) is 0 Å². The van der Waals surface area contributed by atoms with Gasteiger partial charge in [-0.3, -0.25) is 0 Å². The van der Waals surface area contributed by atoms with E-state index in [1.165, 1.54) is 215 Å². The van der Waals surface area contributed by atoms with Gasteiger partial charge in [-0.15, -0.1) is 0 Å². The minimum atomic E-state index is -5.39. The lowest BCUT2D eigenvalue weighted by molar-refractivity contribution is -0.925. The van der Waals surface area contributed by atoms with Crippen molar-refractivity contribution in [2.45, 2.75) is 209 Å². The van der Waals surface area contributed by atoms with Crippen molar-refractivity contribution in [3.63, 3.8) is 0 Å². The zero-order chi connectivity index (χ0) is 36.1. The molecule has 0 N–H and O–H groups in total. The van der Waals surface area contributed by atoms with E-state index in [1.54, 1.807) is 0 Å². The van der Waals surface area contributed by atoms with E-state index in [-0.39, 0.29) is 1.43 Å². The smallest absolute Gasteiger partial charge is 0.822 e. The van der Waals surface area contributed by atoms with Crippen LogP contribution in [0.1, 0.15) is 211 Å². The third-order valence-corrected chi connectivity index (χ3v) is 10.6. The van der Waals surface area contributed by atoms with Crippen LogP contribution >= 0.6 is 7.82 Å². The fourth-order valence-electron chi connectivity index (χ4n) is 6.85. The molecule has 0 bridgehead atoms. The summed E-state index contributed by atoms with van der Waals surface area (Å²) in [7, 11) is -5.39. The summed E-state index contributed by atoms with van der Waals surface area (Å²) < 4.78 is 11.3. The van der Waals surface area contributed by atoms with Crippen LogP contribution in [0.3, 0.4) is 0 Å². The Bertz CT molecular complexity index is 554. The predicted molar refractivity (Wildman–Crippen MR) is 204 cm³/mol. The second-order valence-corrected chi connectivity index (χ2v) is 15.3. The van der Waals surface area contributed by atoms with Crippen molar-refractivity contribution >= 4 is 7.82 Å². The second-order valence-electron chi connectivity index (χ2n) is 14.4. The average Bonchev–Trinajstić information content (AvgIpc) is 3.05. The predicted octanol–water partition coefficient (Wildman–Crippen LogP) is 10.4. The van der Waals surface area contributed by atoms with Crippen LogP contribution in [-0.4, -0.2) is 61.3 Å². The molecule has 0 radical (unpaired) electrons. The molecule has 6 nitrogen and oxygen atoms in total. The first-order valence-electron chi connectivity index (χ1n) is 20.9. The van der Waals surface area contributed by atoms with Gasteiger partial charge in [-0.2, -0.15) is 7.82 Å². The molecule has 0 saturated carbocycles. The summed E-state index contributed by atoms with van der Waals surface area (Å²) in [6.45, 7) is 29.8. The highest BCUT2D eigenvalue weighted by Gasteiger charge is 2.22. The Hall–Kier alpha value is 0.0300. The standard InChI is InChI=1S/2C20H44N.H3O4P/c2*1-5-9-11-13-15-17-19-21(7-3,8-4)20-18-16-14-12-10-6-2;1-5(2,3)4/h2*5-20H2,1-4H3;(H3,1,2,3,4)/q2*+1;/p-2. The van der Waals surface area contributed by atoms with Crippen molar-refractivity contribution in [1.82, 2.24) is 0 Å². The van der Waals surface area contributed by atoms with Crippen LogP contribution in [-0.2, 0) is 4.57 Å². The molecule has 0 saturated heterocycles. The molecule has 0 unspecified atom stereocenters. The molecule has 0 aliphatic heterocycles. The van der Waals surface area contributed by atoms with Gasteiger partial charge in [0, 0.05) is 0 Å². The molecule has 288 valence electrons. The minimum absolute atomic E-state index is 0. The first kappa shape index (κ1) is 51.4. The Morgan fingerprint density at radius 3 is 0.638 bits per heavy atom. The second kappa shape index (κ2) is 37.3. The summed E-state index contributed by atoms with van der Waals surface area (Å²) >= 11 is 0. The van der Waals surface area contributed by atoms with Gasteiger partial charge in [0.1, 0.15) is 0 Å². The number of rotatable bonds is 32. The maximum absolute atomic E-state index is 8.55. The van der Waals surface area contributed by atoms with Gasteiger partial charge in [0.2, 0.25) is 0 Å². The first-order valence-corrected chi connectivity index (χ1v) is 22.4.